The van der Waals surface area contributed by atoms with Crippen LogP contribution in [-0.2, 0) is 0 Å². The van der Waals surface area contributed by atoms with Crippen LogP contribution in [0.4, 0.5) is 10.1 Å². The molecule has 1 amide bonds. The summed E-state index contributed by atoms with van der Waals surface area (Å²) >= 11 is 0. The standard InChI is InChI=1S/C27H29FN4O/c1-2-14-31-15-13-25(30-19-17-29(18-20-30)22-10-8-21(28)9-11-22)26-24(27(31)33)12-16-32(26)23-6-4-3-5-7-23/h3-13,16H,2,14-15,17-20H2,1H3. The lowest BCUT2D eigenvalue weighted by Gasteiger charge is -2.38. The number of aromatic nitrogens is 1. The van der Waals surface area contributed by atoms with Gasteiger partial charge in [-0.3, -0.25) is 4.79 Å². The second-order valence-electron chi connectivity index (χ2n) is 8.57. The number of halogens is 1. The predicted molar refractivity (Wildman–Crippen MR) is 130 cm³/mol. The smallest absolute Gasteiger partial charge is 0.256 e. The van der Waals surface area contributed by atoms with Crippen molar-refractivity contribution in [1.29, 1.82) is 0 Å². The number of rotatable bonds is 5. The van der Waals surface area contributed by atoms with Crippen molar-refractivity contribution in [3.05, 3.63) is 90.0 Å². The molecule has 5 nitrogen and oxygen atoms in total. The molecule has 3 heterocycles. The van der Waals surface area contributed by atoms with Crippen LogP contribution in [0, 0.1) is 5.82 Å². The predicted octanol–water partition coefficient (Wildman–Crippen LogP) is 4.65. The molecule has 33 heavy (non-hydrogen) atoms. The SMILES string of the molecule is CCCN1CC=C(N2CCN(c3ccc(F)cc3)CC2)c2c(ccn2-c2ccccc2)C1=O. The van der Waals surface area contributed by atoms with Crippen molar-refractivity contribution in [2.75, 3.05) is 44.2 Å². The minimum absolute atomic E-state index is 0.0951. The zero-order valence-electron chi connectivity index (χ0n) is 19.0. The molecule has 0 atom stereocenters. The third-order valence-corrected chi connectivity index (χ3v) is 6.49. The maximum Gasteiger partial charge on any atom is 0.256 e. The van der Waals surface area contributed by atoms with Crippen LogP contribution in [0.1, 0.15) is 29.4 Å². The molecule has 1 fully saturated rings. The van der Waals surface area contributed by atoms with Gasteiger partial charge in [0.05, 0.1) is 17.0 Å². The van der Waals surface area contributed by atoms with Crippen LogP contribution >= 0.6 is 0 Å². The lowest BCUT2D eigenvalue weighted by Crippen LogP contribution is -2.45. The van der Waals surface area contributed by atoms with Gasteiger partial charge in [0.25, 0.3) is 5.91 Å². The Morgan fingerprint density at radius 3 is 2.24 bits per heavy atom. The summed E-state index contributed by atoms with van der Waals surface area (Å²) < 4.78 is 15.5. The number of hydrogen-bond donors (Lipinski definition) is 0. The summed E-state index contributed by atoms with van der Waals surface area (Å²) in [5, 5.41) is 0. The minimum atomic E-state index is -0.212. The Bertz CT molecular complexity index is 1140. The molecule has 0 N–H and O–H groups in total. The maximum atomic E-state index is 13.4. The average Bonchev–Trinajstić information content (AvgIpc) is 3.24. The maximum absolute atomic E-state index is 13.4. The normalized spacial score (nSPS) is 16.5. The molecule has 0 radical (unpaired) electrons. The Morgan fingerprint density at radius 2 is 1.55 bits per heavy atom. The number of nitrogens with zero attached hydrogens (tertiary/aromatic N) is 4. The molecule has 170 valence electrons. The van der Waals surface area contributed by atoms with Gasteiger partial charge >= 0.3 is 0 Å². The first-order valence-electron chi connectivity index (χ1n) is 11.7. The van der Waals surface area contributed by atoms with Crippen LogP contribution in [0.5, 0.6) is 0 Å². The third kappa shape index (κ3) is 4.13. The van der Waals surface area contributed by atoms with Gasteiger partial charge in [0.2, 0.25) is 0 Å². The fourth-order valence-electron chi connectivity index (χ4n) is 4.82. The van der Waals surface area contributed by atoms with Crippen LogP contribution in [0.2, 0.25) is 0 Å². The monoisotopic (exact) mass is 444 g/mol. The average molecular weight is 445 g/mol. The quantitative estimate of drug-likeness (QED) is 0.574. The summed E-state index contributed by atoms with van der Waals surface area (Å²) in [4.78, 5) is 20.0. The molecule has 5 rings (SSSR count). The Balaban J connectivity index is 1.47. The molecule has 0 bridgehead atoms. The van der Waals surface area contributed by atoms with Gasteiger partial charge < -0.3 is 19.3 Å². The summed E-state index contributed by atoms with van der Waals surface area (Å²) in [6, 6.07) is 18.9. The number of para-hydroxylation sites is 1. The number of anilines is 1. The number of fused-ring (bicyclic) bond motifs is 1. The van der Waals surface area contributed by atoms with Crippen LogP contribution in [0.15, 0.2) is 72.9 Å². The van der Waals surface area contributed by atoms with Gasteiger partial charge in [-0.1, -0.05) is 25.1 Å². The van der Waals surface area contributed by atoms with Gasteiger partial charge in [0.1, 0.15) is 5.82 Å². The number of carbonyl (C=O) groups excluding carboxylic acids is 1. The third-order valence-electron chi connectivity index (χ3n) is 6.49. The summed E-state index contributed by atoms with van der Waals surface area (Å²) in [6.07, 6.45) is 5.16. The van der Waals surface area contributed by atoms with Crippen LogP contribution < -0.4 is 4.90 Å². The number of amides is 1. The van der Waals surface area contributed by atoms with Crippen molar-refractivity contribution in [2.45, 2.75) is 13.3 Å². The second-order valence-corrected chi connectivity index (χ2v) is 8.57. The van der Waals surface area contributed by atoms with Gasteiger partial charge in [-0.25, -0.2) is 4.39 Å². The van der Waals surface area contributed by atoms with Crippen LogP contribution in [0.25, 0.3) is 11.4 Å². The van der Waals surface area contributed by atoms with E-state index in [-0.39, 0.29) is 11.7 Å². The molecule has 2 aromatic carbocycles. The largest absolute Gasteiger partial charge is 0.368 e. The Kier molecular flexibility index (Phi) is 5.90. The highest BCUT2D eigenvalue weighted by molar-refractivity contribution is 6.00. The van der Waals surface area contributed by atoms with E-state index in [1.165, 1.54) is 12.1 Å². The number of carbonyl (C=O) groups is 1. The molecular formula is C27H29FN4O. The lowest BCUT2D eigenvalue weighted by atomic mass is 10.1. The van der Waals surface area contributed by atoms with E-state index in [9.17, 15) is 9.18 Å². The van der Waals surface area contributed by atoms with Crippen molar-refractivity contribution in [2.24, 2.45) is 0 Å². The van der Waals surface area contributed by atoms with Crippen LogP contribution in [-0.4, -0.2) is 59.5 Å². The Labute approximate surface area is 194 Å². The Hall–Kier alpha value is -3.54. The van der Waals surface area contributed by atoms with Crippen molar-refractivity contribution < 1.29 is 9.18 Å². The summed E-state index contributed by atoms with van der Waals surface area (Å²) in [7, 11) is 0. The van der Waals surface area contributed by atoms with Gasteiger partial charge in [-0.2, -0.15) is 0 Å². The zero-order chi connectivity index (χ0) is 22.8. The number of hydrogen-bond acceptors (Lipinski definition) is 3. The molecule has 0 aliphatic carbocycles. The molecule has 3 aromatic rings. The van der Waals surface area contributed by atoms with E-state index in [1.807, 2.05) is 47.5 Å². The molecule has 0 spiro atoms. The fraction of sp³-hybridized carbons (Fsp3) is 0.296. The van der Waals surface area contributed by atoms with E-state index in [2.05, 4.69) is 39.5 Å². The molecule has 0 unspecified atom stereocenters. The molecular weight excluding hydrogens is 415 g/mol. The van der Waals surface area contributed by atoms with E-state index in [4.69, 9.17) is 0 Å². The van der Waals surface area contributed by atoms with Crippen molar-refractivity contribution in [3.8, 4) is 5.69 Å². The van der Waals surface area contributed by atoms with E-state index in [1.54, 1.807) is 0 Å². The highest BCUT2D eigenvalue weighted by Gasteiger charge is 2.30. The first kappa shape index (κ1) is 21.3. The van der Waals surface area contributed by atoms with Gasteiger partial charge in [-0.05, 0) is 55.0 Å². The van der Waals surface area contributed by atoms with Gasteiger partial charge in [0, 0.05) is 56.8 Å². The van der Waals surface area contributed by atoms with Gasteiger partial charge in [0.15, 0.2) is 0 Å². The summed E-state index contributed by atoms with van der Waals surface area (Å²) in [6.45, 7) is 6.83. The van der Waals surface area contributed by atoms with E-state index in [0.29, 0.717) is 6.54 Å². The highest BCUT2D eigenvalue weighted by atomic mass is 19.1. The van der Waals surface area contributed by atoms with Crippen LogP contribution in [0.3, 0.4) is 0 Å². The fourth-order valence-corrected chi connectivity index (χ4v) is 4.82. The molecule has 2 aliphatic rings. The number of piperazine rings is 1. The van der Waals surface area contributed by atoms with Crippen molar-refractivity contribution in [3.63, 3.8) is 0 Å². The van der Waals surface area contributed by atoms with Crippen molar-refractivity contribution >= 4 is 17.3 Å². The van der Waals surface area contributed by atoms with Gasteiger partial charge in [-0.15, -0.1) is 0 Å². The molecule has 0 saturated carbocycles. The molecule has 6 heteroatoms. The second kappa shape index (κ2) is 9.14. The minimum Gasteiger partial charge on any atom is -0.368 e. The highest BCUT2D eigenvalue weighted by Crippen LogP contribution is 2.32. The number of benzene rings is 2. The van der Waals surface area contributed by atoms with E-state index >= 15 is 0 Å². The molecule has 2 aliphatic heterocycles. The van der Waals surface area contributed by atoms with Crippen molar-refractivity contribution in [1.82, 2.24) is 14.4 Å². The lowest BCUT2D eigenvalue weighted by molar-refractivity contribution is 0.0775. The summed E-state index contributed by atoms with van der Waals surface area (Å²) in [5.74, 6) is -0.116. The summed E-state index contributed by atoms with van der Waals surface area (Å²) in [5.41, 5.74) is 4.94. The molecule has 1 aromatic heterocycles. The molecule has 1 saturated heterocycles. The zero-order valence-corrected chi connectivity index (χ0v) is 19.0. The first-order chi connectivity index (χ1) is 16.2. The van der Waals surface area contributed by atoms with E-state index in [0.717, 1.165) is 67.5 Å². The topological polar surface area (TPSA) is 31.7 Å². The first-order valence-corrected chi connectivity index (χ1v) is 11.7. The van der Waals surface area contributed by atoms with E-state index < -0.39 is 0 Å². The Morgan fingerprint density at radius 1 is 0.848 bits per heavy atom.